The van der Waals surface area contributed by atoms with Crippen LogP contribution in [0.15, 0.2) is 140 Å². The van der Waals surface area contributed by atoms with Gasteiger partial charge in [0.15, 0.2) is 0 Å². The Morgan fingerprint density at radius 2 is 0.632 bits per heavy atom. The molecule has 5 heterocycles. The van der Waals surface area contributed by atoms with Crippen molar-refractivity contribution >= 4 is 0 Å². The van der Waals surface area contributed by atoms with Crippen LogP contribution in [0.5, 0.6) is 0 Å². The van der Waals surface area contributed by atoms with E-state index in [9.17, 15) is 5.11 Å². The zero-order valence-corrected chi connectivity index (χ0v) is 57.0. The van der Waals surface area contributed by atoms with Crippen molar-refractivity contribution in [1.82, 2.24) is 24.5 Å². The van der Waals surface area contributed by atoms with Crippen molar-refractivity contribution in [2.75, 3.05) is 78.7 Å². The third-order valence-corrected chi connectivity index (χ3v) is 19.6. The highest BCUT2D eigenvalue weighted by Gasteiger charge is 2.26. The molecule has 5 aliphatic heterocycles. The van der Waals surface area contributed by atoms with Crippen LogP contribution < -0.4 is 0 Å². The topological polar surface area (TPSA) is 54.9 Å². The minimum Gasteiger partial charge on any atom is -0.393 e. The van der Waals surface area contributed by atoms with Gasteiger partial charge in [-0.15, -0.1) is 0 Å². The van der Waals surface area contributed by atoms with Gasteiger partial charge in [-0.05, 0) is 283 Å². The molecule has 0 bridgehead atoms. The Labute approximate surface area is 532 Å². The molecule has 0 radical (unpaired) electrons. The lowest BCUT2D eigenvalue weighted by Crippen LogP contribution is -2.39. The number of benzene rings is 5. The number of rotatable bonds is 19. The molecule has 8 nitrogen and oxygen atoms in total. The number of likely N-dealkylation sites (tertiary alicyclic amines) is 5. The molecule has 0 spiro atoms. The van der Waals surface area contributed by atoms with Crippen LogP contribution >= 0.6 is 0 Å². The molecule has 0 aromatic heterocycles. The van der Waals surface area contributed by atoms with Gasteiger partial charge in [-0.1, -0.05) is 151 Å². The first-order valence-electron chi connectivity index (χ1n) is 34.8. The fourth-order valence-electron chi connectivity index (χ4n) is 13.3. The van der Waals surface area contributed by atoms with E-state index in [0.29, 0.717) is 36.1 Å². The maximum atomic E-state index is 10.2. The summed E-state index contributed by atoms with van der Waals surface area (Å²) in [5.74, 6) is 3.79. The number of aliphatic hydroxyl groups excluding tert-OH is 1. The monoisotopic (exact) mass is 1190 g/mol. The van der Waals surface area contributed by atoms with E-state index in [0.717, 1.165) is 62.9 Å². The first-order chi connectivity index (χ1) is 42.0. The van der Waals surface area contributed by atoms with E-state index in [1.165, 1.54) is 169 Å². The van der Waals surface area contributed by atoms with Crippen LogP contribution in [-0.4, -0.2) is 145 Å². The molecule has 5 saturated heterocycles. The average Bonchev–Trinajstić information content (AvgIpc) is 3.67. The lowest BCUT2D eigenvalue weighted by atomic mass is 9.88. The summed E-state index contributed by atoms with van der Waals surface area (Å²) < 4.78 is 11.7. The second-order valence-corrected chi connectivity index (χ2v) is 27.9. The van der Waals surface area contributed by atoms with E-state index >= 15 is 0 Å². The van der Waals surface area contributed by atoms with Crippen LogP contribution in [0.25, 0.3) is 0 Å². The zero-order chi connectivity index (χ0) is 62.3. The van der Waals surface area contributed by atoms with E-state index < -0.39 is 0 Å². The minimum atomic E-state index is -0.182. The van der Waals surface area contributed by atoms with Gasteiger partial charge in [-0.3, -0.25) is 0 Å². The van der Waals surface area contributed by atoms with Gasteiger partial charge in [-0.2, -0.15) is 0 Å². The highest BCUT2D eigenvalue weighted by molar-refractivity contribution is 5.25. The number of hydrogen-bond acceptors (Lipinski definition) is 8. The Bertz CT molecular complexity index is 2460. The molecule has 0 amide bonds. The first-order valence-corrected chi connectivity index (χ1v) is 34.8. The molecule has 0 saturated carbocycles. The SMILES string of the molecule is CC(C)N1CCC(CC(O)Cc2ccccc2)CC1.CC(C)N1CCC(COCc2ccccc2)CC1.CC(C)N1CCC(c2ccccc2)CC1.Cc1ccc(C2CCN(C(C)C)CC2)cc1.Cc1ccc(COCC2CCN(C(C)C)CC2)cc1. The van der Waals surface area contributed by atoms with Gasteiger partial charge in [0, 0.05) is 43.4 Å². The van der Waals surface area contributed by atoms with Crippen LogP contribution in [-0.2, 0) is 29.1 Å². The van der Waals surface area contributed by atoms with E-state index in [-0.39, 0.29) is 6.10 Å². The quantitative estimate of drug-likeness (QED) is 0.0878. The zero-order valence-electron chi connectivity index (χ0n) is 57.0. The van der Waals surface area contributed by atoms with Crippen molar-refractivity contribution in [3.05, 3.63) is 178 Å². The maximum Gasteiger partial charge on any atom is 0.0717 e. The second kappa shape index (κ2) is 39.8. The molecule has 5 fully saturated rings. The predicted octanol–water partition coefficient (Wildman–Crippen LogP) is 16.9. The first kappa shape index (κ1) is 71.9. The Hall–Kier alpha value is -4.22. The molecular formula is C79H123N5O3. The molecule has 0 aliphatic carbocycles. The summed E-state index contributed by atoms with van der Waals surface area (Å²) >= 11 is 0. The summed E-state index contributed by atoms with van der Waals surface area (Å²) in [6, 6.07) is 52.9. The van der Waals surface area contributed by atoms with E-state index in [4.69, 9.17) is 9.47 Å². The molecule has 1 N–H and O–H groups in total. The number of ether oxygens (including phenoxy) is 2. The molecule has 482 valence electrons. The Balaban J connectivity index is 0.000000174. The Morgan fingerprint density at radius 1 is 0.345 bits per heavy atom. The summed E-state index contributed by atoms with van der Waals surface area (Å²) in [5.41, 5.74) is 9.54. The Morgan fingerprint density at radius 3 is 0.989 bits per heavy atom. The third kappa shape index (κ3) is 27.4. The third-order valence-electron chi connectivity index (χ3n) is 19.6. The largest absolute Gasteiger partial charge is 0.393 e. The molecule has 1 atom stereocenters. The van der Waals surface area contributed by atoms with Gasteiger partial charge in [0.05, 0.1) is 19.3 Å². The molecule has 5 aliphatic rings. The lowest BCUT2D eigenvalue weighted by Gasteiger charge is -2.35. The van der Waals surface area contributed by atoms with Crippen molar-refractivity contribution < 1.29 is 14.6 Å². The molecular weight excluding hydrogens is 1070 g/mol. The summed E-state index contributed by atoms with van der Waals surface area (Å²) in [4.78, 5) is 12.8. The van der Waals surface area contributed by atoms with Gasteiger partial charge in [0.1, 0.15) is 0 Å². The second-order valence-electron chi connectivity index (χ2n) is 27.9. The highest BCUT2D eigenvalue weighted by atomic mass is 16.5. The van der Waals surface area contributed by atoms with E-state index in [1.807, 2.05) is 24.3 Å². The summed E-state index contributed by atoms with van der Waals surface area (Å²) in [5, 5.41) is 10.2. The molecule has 10 rings (SSSR count). The number of hydrogen-bond donors (Lipinski definition) is 1. The molecule has 8 heteroatoms. The lowest BCUT2D eigenvalue weighted by molar-refractivity contribution is 0.0513. The number of aliphatic hydroxyl groups is 1. The van der Waals surface area contributed by atoms with Crippen molar-refractivity contribution in [3.63, 3.8) is 0 Å². The van der Waals surface area contributed by atoms with Gasteiger partial charge in [0.2, 0.25) is 0 Å². The van der Waals surface area contributed by atoms with Gasteiger partial charge in [-0.25, -0.2) is 0 Å². The predicted molar refractivity (Wildman–Crippen MR) is 371 cm³/mol. The standard InChI is InChI=1S/2C17H27NO.C16H25NO.C15H23N.C14H21N/c1-14(2)18-10-8-17(9-11-18)13-19-12-16-6-4-15(3)5-7-16;1-14(2)18-10-8-16(9-11-18)13-17(19)12-15-6-4-3-5-7-15;1-14(2)17-10-8-16(9-11-17)13-18-12-15-6-4-3-5-7-15;1-12(2)16-10-8-15(9-11-16)14-6-4-13(3)5-7-14;1-12(2)15-10-8-14(9-11-15)13-6-4-3-5-7-13/h4-7,14,17H,8-13H2,1-3H3;3-7,14,16-17,19H,8-13H2,1-2H3;3-7,14,16H,8-13H2,1-2H3;4-7,12,15H,8-11H2,1-3H3;3-7,12,14H,8-11H2,1-2H3. The Kier molecular flexibility index (Phi) is 32.9. The van der Waals surface area contributed by atoms with Crippen molar-refractivity contribution in [2.24, 2.45) is 17.8 Å². The molecule has 87 heavy (non-hydrogen) atoms. The minimum absolute atomic E-state index is 0.182. The van der Waals surface area contributed by atoms with Gasteiger partial charge < -0.3 is 39.1 Å². The number of aryl methyl sites for hydroxylation is 2. The summed E-state index contributed by atoms with van der Waals surface area (Å²) in [7, 11) is 0. The van der Waals surface area contributed by atoms with Crippen molar-refractivity contribution in [2.45, 2.75) is 221 Å². The van der Waals surface area contributed by atoms with Crippen LogP contribution in [0.4, 0.5) is 0 Å². The number of piperidine rings is 5. The number of nitrogens with zero attached hydrogens (tertiary/aromatic N) is 5. The van der Waals surface area contributed by atoms with Gasteiger partial charge in [0.25, 0.3) is 0 Å². The molecule has 1 unspecified atom stereocenters. The van der Waals surface area contributed by atoms with Crippen molar-refractivity contribution in [3.8, 4) is 0 Å². The normalized spacial score (nSPS) is 19.0. The maximum absolute atomic E-state index is 10.2. The summed E-state index contributed by atoms with van der Waals surface area (Å²) in [6.07, 6.45) is 14.5. The molecule has 5 aromatic rings. The highest BCUT2D eigenvalue weighted by Crippen LogP contribution is 2.31. The average molecular weight is 1190 g/mol. The fourth-order valence-corrected chi connectivity index (χ4v) is 13.3. The van der Waals surface area contributed by atoms with E-state index in [2.05, 4.69) is 223 Å². The molecule has 5 aromatic carbocycles. The van der Waals surface area contributed by atoms with E-state index in [1.54, 1.807) is 0 Å². The van der Waals surface area contributed by atoms with Gasteiger partial charge >= 0.3 is 0 Å². The van der Waals surface area contributed by atoms with Crippen molar-refractivity contribution in [1.29, 1.82) is 0 Å². The van der Waals surface area contributed by atoms with Crippen LogP contribution in [0.3, 0.4) is 0 Å². The van der Waals surface area contributed by atoms with Crippen LogP contribution in [0, 0.1) is 31.6 Å². The van der Waals surface area contributed by atoms with Crippen LogP contribution in [0.2, 0.25) is 0 Å². The summed E-state index contributed by atoms with van der Waals surface area (Å²) in [6.45, 7) is 42.8. The van der Waals surface area contributed by atoms with Crippen LogP contribution in [0.1, 0.15) is 191 Å². The smallest absolute Gasteiger partial charge is 0.0717 e. The fraction of sp³-hybridized carbons (Fsp3) is 0.620.